The van der Waals surface area contributed by atoms with Crippen molar-refractivity contribution in [2.45, 2.75) is 20.4 Å². The van der Waals surface area contributed by atoms with Crippen LogP contribution in [0, 0.1) is 6.92 Å². The zero-order chi connectivity index (χ0) is 14.8. The van der Waals surface area contributed by atoms with Crippen molar-refractivity contribution in [1.29, 1.82) is 0 Å². The molecule has 21 heavy (non-hydrogen) atoms. The second kappa shape index (κ2) is 5.48. The molecule has 2 N–H and O–H groups in total. The van der Waals surface area contributed by atoms with E-state index in [1.165, 1.54) is 11.3 Å². The van der Waals surface area contributed by atoms with E-state index in [0.29, 0.717) is 18.1 Å². The van der Waals surface area contributed by atoms with E-state index in [2.05, 4.69) is 48.0 Å². The van der Waals surface area contributed by atoms with Gasteiger partial charge >= 0.3 is 0 Å². The summed E-state index contributed by atoms with van der Waals surface area (Å²) in [5.74, 6) is 0.707. The summed E-state index contributed by atoms with van der Waals surface area (Å²) in [7, 11) is 0. The van der Waals surface area contributed by atoms with Crippen molar-refractivity contribution in [3.8, 4) is 0 Å². The predicted octanol–water partition coefficient (Wildman–Crippen LogP) is 3.74. The lowest BCUT2D eigenvalue weighted by Crippen LogP contribution is -2.22. The fourth-order valence-electron chi connectivity index (χ4n) is 2.43. The first-order valence-corrected chi connectivity index (χ1v) is 7.12. The summed E-state index contributed by atoms with van der Waals surface area (Å²) in [5, 5.41) is 0. The Morgan fingerprint density at radius 2 is 2.05 bits per heavy atom. The lowest BCUT2D eigenvalue weighted by atomic mass is 10.2. The van der Waals surface area contributed by atoms with Crippen LogP contribution in [0.3, 0.4) is 0 Å². The van der Waals surface area contributed by atoms with E-state index in [4.69, 9.17) is 10.2 Å². The third kappa shape index (κ3) is 2.84. The Balaban J connectivity index is 1.88. The number of nitrogens with two attached hydrogens (primary N) is 1. The van der Waals surface area contributed by atoms with Gasteiger partial charge < -0.3 is 15.1 Å². The van der Waals surface area contributed by atoms with Crippen molar-refractivity contribution < 1.29 is 4.42 Å². The van der Waals surface area contributed by atoms with Crippen molar-refractivity contribution in [3.05, 3.63) is 53.9 Å². The van der Waals surface area contributed by atoms with E-state index >= 15 is 0 Å². The minimum Gasteiger partial charge on any atom is -0.439 e. The topological polar surface area (TPSA) is 55.3 Å². The van der Waals surface area contributed by atoms with E-state index in [0.717, 1.165) is 17.6 Å². The van der Waals surface area contributed by atoms with E-state index in [1.54, 1.807) is 0 Å². The molecule has 2 aromatic carbocycles. The molecule has 1 heterocycles. The highest BCUT2D eigenvalue weighted by Crippen LogP contribution is 2.22. The monoisotopic (exact) mass is 281 g/mol. The Labute approximate surface area is 124 Å². The number of hydrogen-bond donors (Lipinski definition) is 1. The number of rotatable bonds is 4. The van der Waals surface area contributed by atoms with Gasteiger partial charge in [-0.1, -0.05) is 12.1 Å². The quantitative estimate of drug-likeness (QED) is 0.740. The zero-order valence-electron chi connectivity index (χ0n) is 12.3. The maximum Gasteiger partial charge on any atom is 0.215 e. The summed E-state index contributed by atoms with van der Waals surface area (Å²) < 4.78 is 5.80. The van der Waals surface area contributed by atoms with Crippen LogP contribution in [0.1, 0.15) is 18.4 Å². The van der Waals surface area contributed by atoms with Crippen LogP contribution in [0.2, 0.25) is 0 Å². The van der Waals surface area contributed by atoms with Crippen molar-refractivity contribution in [2.75, 3.05) is 17.2 Å². The summed E-state index contributed by atoms with van der Waals surface area (Å²) in [5.41, 5.74) is 10.5. The maximum absolute atomic E-state index is 5.80. The zero-order valence-corrected chi connectivity index (χ0v) is 12.3. The van der Waals surface area contributed by atoms with Crippen LogP contribution in [-0.2, 0) is 6.54 Å². The molecule has 0 saturated heterocycles. The molecule has 3 aromatic rings. The normalized spacial score (nSPS) is 11.0. The Morgan fingerprint density at radius 3 is 2.81 bits per heavy atom. The van der Waals surface area contributed by atoms with Gasteiger partial charge in [0.1, 0.15) is 5.52 Å². The molecular formula is C17H19N3O. The number of benzene rings is 2. The van der Waals surface area contributed by atoms with Crippen LogP contribution in [0.25, 0.3) is 11.1 Å². The predicted molar refractivity (Wildman–Crippen MR) is 86.3 cm³/mol. The van der Waals surface area contributed by atoms with Crippen molar-refractivity contribution >= 4 is 22.5 Å². The molecule has 0 unspecified atom stereocenters. The smallest absolute Gasteiger partial charge is 0.215 e. The molecule has 0 aliphatic heterocycles. The minimum atomic E-state index is 0.647. The highest BCUT2D eigenvalue weighted by molar-refractivity contribution is 5.76. The van der Waals surface area contributed by atoms with Crippen LogP contribution < -0.4 is 10.6 Å². The fourth-order valence-corrected chi connectivity index (χ4v) is 2.43. The number of anilines is 2. The fraction of sp³-hybridized carbons (Fsp3) is 0.235. The second-order valence-corrected chi connectivity index (χ2v) is 5.19. The van der Waals surface area contributed by atoms with Gasteiger partial charge in [0.2, 0.25) is 5.89 Å². The van der Waals surface area contributed by atoms with Crippen molar-refractivity contribution in [2.24, 2.45) is 0 Å². The number of nitrogens with zero attached hydrogens (tertiary/aromatic N) is 2. The van der Waals surface area contributed by atoms with Crippen LogP contribution in [0.5, 0.6) is 0 Å². The number of hydrogen-bond acceptors (Lipinski definition) is 4. The number of aryl methyl sites for hydroxylation is 1. The second-order valence-electron chi connectivity index (χ2n) is 5.19. The first-order valence-electron chi connectivity index (χ1n) is 7.12. The molecule has 0 spiro atoms. The standard InChI is InChI=1S/C17H19N3O/c1-3-20(14-6-4-5-12(2)9-14)11-17-19-15-10-13(18)7-8-16(15)21-17/h4-10H,3,11,18H2,1-2H3. The van der Waals surface area contributed by atoms with Gasteiger partial charge in [0.25, 0.3) is 0 Å². The molecule has 0 atom stereocenters. The Bertz CT molecular complexity index is 764. The van der Waals surface area contributed by atoms with E-state index in [1.807, 2.05) is 18.2 Å². The van der Waals surface area contributed by atoms with Crippen molar-refractivity contribution in [3.63, 3.8) is 0 Å². The number of aromatic nitrogens is 1. The Morgan fingerprint density at radius 1 is 1.19 bits per heavy atom. The highest BCUT2D eigenvalue weighted by atomic mass is 16.3. The van der Waals surface area contributed by atoms with Gasteiger partial charge in [0.05, 0.1) is 6.54 Å². The lowest BCUT2D eigenvalue weighted by Gasteiger charge is -2.21. The Kier molecular flexibility index (Phi) is 3.52. The molecule has 3 rings (SSSR count). The van der Waals surface area contributed by atoms with Gasteiger partial charge in [0.15, 0.2) is 5.58 Å². The van der Waals surface area contributed by atoms with Crippen LogP contribution in [-0.4, -0.2) is 11.5 Å². The molecule has 0 radical (unpaired) electrons. The van der Waals surface area contributed by atoms with Gasteiger partial charge in [-0.15, -0.1) is 0 Å². The minimum absolute atomic E-state index is 0.647. The maximum atomic E-state index is 5.80. The summed E-state index contributed by atoms with van der Waals surface area (Å²) in [4.78, 5) is 6.76. The average molecular weight is 281 g/mol. The molecule has 0 aliphatic carbocycles. The summed E-state index contributed by atoms with van der Waals surface area (Å²) in [6, 6.07) is 14.0. The third-order valence-corrected chi connectivity index (χ3v) is 3.53. The first kappa shape index (κ1) is 13.5. The molecule has 0 fully saturated rings. The Hall–Kier alpha value is -2.49. The number of fused-ring (bicyclic) bond motifs is 1. The van der Waals surface area contributed by atoms with E-state index < -0.39 is 0 Å². The van der Waals surface area contributed by atoms with Gasteiger partial charge in [-0.3, -0.25) is 0 Å². The van der Waals surface area contributed by atoms with Gasteiger partial charge in [-0.25, -0.2) is 4.98 Å². The van der Waals surface area contributed by atoms with Crippen LogP contribution >= 0.6 is 0 Å². The summed E-state index contributed by atoms with van der Waals surface area (Å²) in [6.45, 7) is 5.77. The van der Waals surface area contributed by atoms with Crippen molar-refractivity contribution in [1.82, 2.24) is 4.98 Å². The molecule has 4 heteroatoms. The first-order chi connectivity index (χ1) is 10.2. The number of oxazole rings is 1. The lowest BCUT2D eigenvalue weighted by molar-refractivity contribution is 0.521. The molecule has 0 amide bonds. The third-order valence-electron chi connectivity index (χ3n) is 3.53. The van der Waals surface area contributed by atoms with Gasteiger partial charge in [-0.05, 0) is 49.7 Å². The largest absolute Gasteiger partial charge is 0.439 e. The average Bonchev–Trinajstić information content (AvgIpc) is 2.86. The van der Waals surface area contributed by atoms with E-state index in [9.17, 15) is 0 Å². The SMILES string of the molecule is CCN(Cc1nc2cc(N)ccc2o1)c1cccc(C)c1. The molecule has 0 aliphatic rings. The molecule has 4 nitrogen and oxygen atoms in total. The highest BCUT2D eigenvalue weighted by Gasteiger charge is 2.11. The molecule has 108 valence electrons. The number of nitrogen functional groups attached to an aromatic ring is 1. The van der Waals surface area contributed by atoms with E-state index in [-0.39, 0.29) is 0 Å². The summed E-state index contributed by atoms with van der Waals surface area (Å²) >= 11 is 0. The van der Waals surface area contributed by atoms with Gasteiger partial charge in [0, 0.05) is 17.9 Å². The molecular weight excluding hydrogens is 262 g/mol. The molecule has 0 bridgehead atoms. The summed E-state index contributed by atoms with van der Waals surface area (Å²) in [6.07, 6.45) is 0. The van der Waals surface area contributed by atoms with Crippen LogP contribution in [0.15, 0.2) is 46.9 Å². The van der Waals surface area contributed by atoms with Gasteiger partial charge in [-0.2, -0.15) is 0 Å². The molecule has 0 saturated carbocycles. The van der Waals surface area contributed by atoms with Crippen LogP contribution in [0.4, 0.5) is 11.4 Å². The molecule has 1 aromatic heterocycles.